The number of para-hydroxylation sites is 1. The number of nitrogens with zero attached hydrogens (tertiary/aromatic N) is 1. The molecule has 1 atom stereocenters. The molecule has 1 N–H and O–H groups in total. The normalized spacial score (nSPS) is 17.3. The number of hydrogen-bond acceptors (Lipinski definition) is 1. The van der Waals surface area contributed by atoms with E-state index in [9.17, 15) is 0 Å². The van der Waals surface area contributed by atoms with Crippen LogP contribution in [0, 0.1) is 0 Å². The van der Waals surface area contributed by atoms with Crippen molar-refractivity contribution in [2.24, 2.45) is 0 Å². The standard InChI is InChI=1S/C23H25BrN2/c1-16(2)6-5-14-26-15-13-20-19-7-3-4-8-21(19)25-22(20)23(26)17-9-11-18(24)12-10-17/h3-4,6-12,23,25H,5,13-15H2,1-2H3. The molecule has 0 saturated heterocycles. The summed E-state index contributed by atoms with van der Waals surface area (Å²) in [6.45, 7) is 6.54. The number of aromatic amines is 1. The van der Waals surface area contributed by atoms with Crippen LogP contribution in [0.4, 0.5) is 0 Å². The lowest BCUT2D eigenvalue weighted by atomic mass is 9.92. The largest absolute Gasteiger partial charge is 0.357 e. The number of halogens is 1. The fraction of sp³-hybridized carbons (Fsp3) is 0.304. The van der Waals surface area contributed by atoms with Gasteiger partial charge in [-0.3, -0.25) is 4.90 Å². The Morgan fingerprint density at radius 1 is 1.15 bits per heavy atom. The van der Waals surface area contributed by atoms with Crippen molar-refractivity contribution >= 4 is 26.8 Å². The van der Waals surface area contributed by atoms with Gasteiger partial charge in [-0.1, -0.05) is 57.9 Å². The van der Waals surface area contributed by atoms with Crippen molar-refractivity contribution < 1.29 is 0 Å². The molecule has 26 heavy (non-hydrogen) atoms. The predicted molar refractivity (Wildman–Crippen MR) is 114 cm³/mol. The molecule has 3 heteroatoms. The van der Waals surface area contributed by atoms with Crippen LogP contribution in [-0.2, 0) is 6.42 Å². The first kappa shape index (κ1) is 17.6. The molecule has 1 aliphatic rings. The highest BCUT2D eigenvalue weighted by atomic mass is 79.9. The summed E-state index contributed by atoms with van der Waals surface area (Å²) in [5.41, 5.74) is 6.88. The topological polar surface area (TPSA) is 19.0 Å². The van der Waals surface area contributed by atoms with Crippen LogP contribution in [-0.4, -0.2) is 23.0 Å². The van der Waals surface area contributed by atoms with Crippen molar-refractivity contribution in [3.63, 3.8) is 0 Å². The van der Waals surface area contributed by atoms with Gasteiger partial charge in [0.25, 0.3) is 0 Å². The smallest absolute Gasteiger partial charge is 0.0757 e. The Morgan fingerprint density at radius 2 is 1.92 bits per heavy atom. The number of aromatic nitrogens is 1. The monoisotopic (exact) mass is 408 g/mol. The Kier molecular flexibility index (Phi) is 5.01. The molecule has 2 aromatic carbocycles. The van der Waals surface area contributed by atoms with Gasteiger partial charge in [0.2, 0.25) is 0 Å². The van der Waals surface area contributed by atoms with E-state index in [1.54, 1.807) is 0 Å². The lowest BCUT2D eigenvalue weighted by Gasteiger charge is -2.36. The lowest BCUT2D eigenvalue weighted by Crippen LogP contribution is -2.36. The maximum Gasteiger partial charge on any atom is 0.0757 e. The first-order valence-corrected chi connectivity index (χ1v) is 10.1. The molecule has 0 aliphatic carbocycles. The summed E-state index contributed by atoms with van der Waals surface area (Å²) in [6.07, 6.45) is 4.56. The van der Waals surface area contributed by atoms with E-state index >= 15 is 0 Å². The number of fused-ring (bicyclic) bond motifs is 3. The van der Waals surface area contributed by atoms with E-state index in [-0.39, 0.29) is 0 Å². The van der Waals surface area contributed by atoms with Crippen LogP contribution in [0.2, 0.25) is 0 Å². The third kappa shape index (κ3) is 3.38. The van der Waals surface area contributed by atoms with Crippen molar-refractivity contribution in [3.8, 4) is 0 Å². The number of nitrogens with one attached hydrogen (secondary N) is 1. The van der Waals surface area contributed by atoms with Gasteiger partial charge in [0.15, 0.2) is 0 Å². The van der Waals surface area contributed by atoms with Crippen LogP contribution in [0.5, 0.6) is 0 Å². The highest BCUT2D eigenvalue weighted by molar-refractivity contribution is 9.10. The van der Waals surface area contributed by atoms with E-state index < -0.39 is 0 Å². The second-order valence-corrected chi connectivity index (χ2v) is 8.29. The second kappa shape index (κ2) is 7.42. The minimum absolute atomic E-state index is 0.296. The van der Waals surface area contributed by atoms with Crippen molar-refractivity contribution in [2.45, 2.75) is 32.7 Å². The van der Waals surface area contributed by atoms with E-state index in [4.69, 9.17) is 0 Å². The molecule has 3 aromatic rings. The lowest BCUT2D eigenvalue weighted by molar-refractivity contribution is 0.215. The molecule has 0 radical (unpaired) electrons. The average Bonchev–Trinajstić information content (AvgIpc) is 3.01. The molecule has 0 fully saturated rings. The van der Waals surface area contributed by atoms with E-state index in [0.717, 1.165) is 30.4 Å². The van der Waals surface area contributed by atoms with Gasteiger partial charge in [-0.15, -0.1) is 0 Å². The summed E-state index contributed by atoms with van der Waals surface area (Å²) >= 11 is 3.57. The molecular formula is C23H25BrN2. The van der Waals surface area contributed by atoms with E-state index in [1.165, 1.54) is 33.3 Å². The van der Waals surface area contributed by atoms with Crippen LogP contribution in [0.3, 0.4) is 0 Å². The fourth-order valence-electron chi connectivity index (χ4n) is 4.07. The molecule has 0 spiro atoms. The molecule has 2 nitrogen and oxygen atoms in total. The predicted octanol–water partition coefficient (Wildman–Crippen LogP) is 6.23. The molecule has 1 unspecified atom stereocenters. The van der Waals surface area contributed by atoms with Crippen molar-refractivity contribution in [1.29, 1.82) is 0 Å². The summed E-state index contributed by atoms with van der Waals surface area (Å²) in [7, 11) is 0. The molecule has 0 saturated carbocycles. The highest BCUT2D eigenvalue weighted by Crippen LogP contribution is 2.38. The summed E-state index contributed by atoms with van der Waals surface area (Å²) in [5.74, 6) is 0. The molecule has 2 heterocycles. The minimum Gasteiger partial charge on any atom is -0.357 e. The summed E-state index contributed by atoms with van der Waals surface area (Å²) in [6, 6.07) is 17.8. The zero-order valence-corrected chi connectivity index (χ0v) is 17.0. The third-order valence-electron chi connectivity index (χ3n) is 5.29. The maximum atomic E-state index is 3.74. The zero-order valence-electron chi connectivity index (χ0n) is 15.4. The summed E-state index contributed by atoms with van der Waals surface area (Å²) < 4.78 is 1.13. The molecule has 0 bridgehead atoms. The number of benzene rings is 2. The Balaban J connectivity index is 1.77. The van der Waals surface area contributed by atoms with Crippen molar-refractivity contribution in [1.82, 2.24) is 9.88 Å². The molecule has 4 rings (SSSR count). The Bertz CT molecular complexity index is 933. The SMILES string of the molecule is CC(C)=CCCN1CCc2c([nH]c3ccccc23)C1c1ccc(Br)cc1. The van der Waals surface area contributed by atoms with Gasteiger partial charge in [0.1, 0.15) is 0 Å². The van der Waals surface area contributed by atoms with Gasteiger partial charge in [0.05, 0.1) is 6.04 Å². The minimum atomic E-state index is 0.296. The molecule has 1 aliphatic heterocycles. The molecular weight excluding hydrogens is 384 g/mol. The first-order valence-electron chi connectivity index (χ1n) is 9.36. The average molecular weight is 409 g/mol. The van der Waals surface area contributed by atoms with E-state index in [1.807, 2.05) is 0 Å². The number of rotatable bonds is 4. The third-order valence-corrected chi connectivity index (χ3v) is 5.82. The van der Waals surface area contributed by atoms with Gasteiger partial charge in [-0.25, -0.2) is 0 Å². The maximum absolute atomic E-state index is 3.74. The Morgan fingerprint density at radius 3 is 2.69 bits per heavy atom. The number of H-pyrrole nitrogens is 1. The van der Waals surface area contributed by atoms with Gasteiger partial charge in [-0.05, 0) is 56.0 Å². The Labute approximate surface area is 164 Å². The number of allylic oxidation sites excluding steroid dienone is 1. The molecule has 0 amide bonds. The molecule has 1 aromatic heterocycles. The zero-order chi connectivity index (χ0) is 18.1. The summed E-state index contributed by atoms with van der Waals surface area (Å²) in [5, 5.41) is 1.38. The van der Waals surface area contributed by atoms with Crippen LogP contribution in [0.25, 0.3) is 10.9 Å². The first-order chi connectivity index (χ1) is 12.6. The van der Waals surface area contributed by atoms with Gasteiger partial charge in [-0.2, -0.15) is 0 Å². The highest BCUT2D eigenvalue weighted by Gasteiger charge is 2.31. The Hall–Kier alpha value is -1.84. The van der Waals surface area contributed by atoms with Crippen LogP contribution >= 0.6 is 15.9 Å². The van der Waals surface area contributed by atoms with Crippen molar-refractivity contribution in [3.05, 3.63) is 81.5 Å². The van der Waals surface area contributed by atoms with Crippen LogP contribution in [0.1, 0.15) is 43.1 Å². The van der Waals surface area contributed by atoms with Gasteiger partial charge >= 0.3 is 0 Å². The van der Waals surface area contributed by atoms with Crippen LogP contribution in [0.15, 0.2) is 64.7 Å². The molecule has 134 valence electrons. The second-order valence-electron chi connectivity index (χ2n) is 7.37. The fourth-order valence-corrected chi connectivity index (χ4v) is 4.34. The van der Waals surface area contributed by atoms with E-state index in [2.05, 4.69) is 94.3 Å². The number of hydrogen-bond donors (Lipinski definition) is 1. The quantitative estimate of drug-likeness (QED) is 0.506. The van der Waals surface area contributed by atoms with E-state index in [0.29, 0.717) is 6.04 Å². The van der Waals surface area contributed by atoms with Crippen molar-refractivity contribution in [2.75, 3.05) is 13.1 Å². The van der Waals surface area contributed by atoms with Crippen LogP contribution < -0.4 is 0 Å². The van der Waals surface area contributed by atoms with Gasteiger partial charge < -0.3 is 4.98 Å². The summed E-state index contributed by atoms with van der Waals surface area (Å²) in [4.78, 5) is 6.36. The van der Waals surface area contributed by atoms with Gasteiger partial charge in [0, 0.05) is 34.2 Å².